The van der Waals surface area contributed by atoms with Crippen LogP contribution in [-0.2, 0) is 26.1 Å². The van der Waals surface area contributed by atoms with Gasteiger partial charge in [0.15, 0.2) is 0 Å². The van der Waals surface area contributed by atoms with Crippen LogP contribution in [0, 0.1) is 0 Å². The molecule has 0 aliphatic carbocycles. The Balaban J connectivity index is 2.09. The molecule has 0 radical (unpaired) electrons. The Bertz CT molecular complexity index is 528. The van der Waals surface area contributed by atoms with Crippen LogP contribution < -0.4 is 5.32 Å². The Morgan fingerprint density at radius 3 is 2.75 bits per heavy atom. The van der Waals surface area contributed by atoms with Crippen molar-refractivity contribution in [2.75, 3.05) is 6.54 Å². The quantitative estimate of drug-likeness (QED) is 0.744. The van der Waals surface area contributed by atoms with Gasteiger partial charge < -0.3 is 5.32 Å². The molecule has 20 heavy (non-hydrogen) atoms. The third-order valence-electron chi connectivity index (χ3n) is 3.29. The van der Waals surface area contributed by atoms with Crippen molar-refractivity contribution in [1.29, 1.82) is 0 Å². The van der Waals surface area contributed by atoms with E-state index in [1.807, 2.05) is 9.36 Å². The van der Waals surface area contributed by atoms with Gasteiger partial charge in [0.2, 0.25) is 0 Å². The third kappa shape index (κ3) is 3.45. The molecule has 0 saturated carbocycles. The Labute approximate surface area is 120 Å². The molecular formula is C14H24N6. The molecule has 110 valence electrons. The van der Waals surface area contributed by atoms with Gasteiger partial charge in [0, 0.05) is 6.54 Å². The maximum atomic E-state index is 4.57. The van der Waals surface area contributed by atoms with Gasteiger partial charge in [-0.2, -0.15) is 10.2 Å². The molecule has 0 aromatic carbocycles. The summed E-state index contributed by atoms with van der Waals surface area (Å²) in [6.45, 7) is 9.76. The van der Waals surface area contributed by atoms with Crippen LogP contribution in [0.25, 0.3) is 0 Å². The highest BCUT2D eigenvalue weighted by Gasteiger charge is 2.10. The Kier molecular flexibility index (Phi) is 5.29. The van der Waals surface area contributed by atoms with Gasteiger partial charge in [-0.15, -0.1) is 0 Å². The van der Waals surface area contributed by atoms with Crippen LogP contribution in [-0.4, -0.2) is 31.1 Å². The molecule has 2 aromatic rings. The topological polar surface area (TPSA) is 60.6 Å². The van der Waals surface area contributed by atoms with Crippen LogP contribution in [0.1, 0.15) is 44.4 Å². The highest BCUT2D eigenvalue weighted by Crippen LogP contribution is 2.08. The standard InChI is InChI=1S/C14H24N6/c1-4-7-15-9-14-16-11-17-20(14)10-13-8-12(5-2)18-19(13)6-3/h8,11,15H,4-7,9-10H2,1-3H3. The smallest absolute Gasteiger partial charge is 0.141 e. The van der Waals surface area contributed by atoms with Crippen molar-refractivity contribution in [2.24, 2.45) is 0 Å². The first-order chi connectivity index (χ1) is 9.78. The molecule has 0 spiro atoms. The lowest BCUT2D eigenvalue weighted by Gasteiger charge is -2.08. The van der Waals surface area contributed by atoms with Crippen molar-refractivity contribution >= 4 is 0 Å². The van der Waals surface area contributed by atoms with Crippen molar-refractivity contribution in [3.8, 4) is 0 Å². The zero-order chi connectivity index (χ0) is 14.4. The second kappa shape index (κ2) is 7.19. The van der Waals surface area contributed by atoms with E-state index in [0.717, 1.165) is 50.5 Å². The molecule has 6 heteroatoms. The van der Waals surface area contributed by atoms with Crippen LogP contribution in [0.2, 0.25) is 0 Å². The van der Waals surface area contributed by atoms with Gasteiger partial charge >= 0.3 is 0 Å². The zero-order valence-corrected chi connectivity index (χ0v) is 12.6. The van der Waals surface area contributed by atoms with Crippen LogP contribution in [0.4, 0.5) is 0 Å². The normalized spacial score (nSPS) is 11.2. The molecule has 0 unspecified atom stereocenters. The molecular weight excluding hydrogens is 252 g/mol. The molecule has 0 aliphatic rings. The molecule has 2 heterocycles. The number of hydrogen-bond acceptors (Lipinski definition) is 4. The molecule has 0 aliphatic heterocycles. The number of aromatic nitrogens is 5. The Morgan fingerprint density at radius 2 is 2.05 bits per heavy atom. The third-order valence-corrected chi connectivity index (χ3v) is 3.29. The summed E-state index contributed by atoms with van der Waals surface area (Å²) < 4.78 is 4.00. The van der Waals surface area contributed by atoms with Crippen molar-refractivity contribution < 1.29 is 0 Å². The molecule has 0 fully saturated rings. The zero-order valence-electron chi connectivity index (χ0n) is 12.6. The van der Waals surface area contributed by atoms with E-state index in [9.17, 15) is 0 Å². The van der Waals surface area contributed by atoms with Gasteiger partial charge in [-0.25, -0.2) is 9.67 Å². The minimum atomic E-state index is 0.726. The first kappa shape index (κ1) is 14.7. The fourth-order valence-corrected chi connectivity index (χ4v) is 2.18. The van der Waals surface area contributed by atoms with E-state index in [1.165, 1.54) is 5.69 Å². The van der Waals surface area contributed by atoms with E-state index >= 15 is 0 Å². The van der Waals surface area contributed by atoms with E-state index in [0.29, 0.717) is 0 Å². The van der Waals surface area contributed by atoms with Gasteiger partial charge in [0.1, 0.15) is 12.2 Å². The first-order valence-corrected chi connectivity index (χ1v) is 7.41. The molecule has 0 atom stereocenters. The average molecular weight is 276 g/mol. The number of hydrogen-bond donors (Lipinski definition) is 1. The maximum Gasteiger partial charge on any atom is 0.141 e. The Hall–Kier alpha value is -1.69. The second-order valence-electron chi connectivity index (χ2n) is 4.81. The van der Waals surface area contributed by atoms with Gasteiger partial charge in [-0.05, 0) is 32.4 Å². The molecule has 2 rings (SSSR count). The fourth-order valence-electron chi connectivity index (χ4n) is 2.18. The Morgan fingerprint density at radius 1 is 1.20 bits per heavy atom. The summed E-state index contributed by atoms with van der Waals surface area (Å²) in [7, 11) is 0. The second-order valence-corrected chi connectivity index (χ2v) is 4.81. The summed E-state index contributed by atoms with van der Waals surface area (Å²) in [5.41, 5.74) is 2.32. The van der Waals surface area contributed by atoms with Gasteiger partial charge in [0.25, 0.3) is 0 Å². The van der Waals surface area contributed by atoms with Gasteiger partial charge in [0.05, 0.1) is 24.5 Å². The van der Waals surface area contributed by atoms with E-state index < -0.39 is 0 Å². The molecule has 0 bridgehead atoms. The largest absolute Gasteiger partial charge is 0.310 e. The number of aryl methyl sites for hydroxylation is 2. The molecule has 1 N–H and O–H groups in total. The summed E-state index contributed by atoms with van der Waals surface area (Å²) in [5, 5.41) is 12.3. The highest BCUT2D eigenvalue weighted by atomic mass is 15.4. The summed E-state index contributed by atoms with van der Waals surface area (Å²) in [4.78, 5) is 4.33. The van der Waals surface area contributed by atoms with Crippen molar-refractivity contribution in [1.82, 2.24) is 29.9 Å². The number of nitrogens with one attached hydrogen (secondary N) is 1. The van der Waals surface area contributed by atoms with Crippen LogP contribution >= 0.6 is 0 Å². The monoisotopic (exact) mass is 276 g/mol. The highest BCUT2D eigenvalue weighted by molar-refractivity contribution is 5.11. The van der Waals surface area contributed by atoms with E-state index in [1.54, 1.807) is 6.33 Å². The summed E-state index contributed by atoms with van der Waals surface area (Å²) in [6.07, 6.45) is 3.70. The van der Waals surface area contributed by atoms with Gasteiger partial charge in [-0.1, -0.05) is 13.8 Å². The van der Waals surface area contributed by atoms with E-state index in [4.69, 9.17) is 0 Å². The van der Waals surface area contributed by atoms with Gasteiger partial charge in [-0.3, -0.25) is 4.68 Å². The minimum Gasteiger partial charge on any atom is -0.310 e. The van der Waals surface area contributed by atoms with Crippen molar-refractivity contribution in [3.05, 3.63) is 29.6 Å². The predicted molar refractivity (Wildman–Crippen MR) is 78.4 cm³/mol. The van der Waals surface area contributed by atoms with Crippen LogP contribution in [0.15, 0.2) is 12.4 Å². The molecule has 0 saturated heterocycles. The molecule has 6 nitrogen and oxygen atoms in total. The predicted octanol–water partition coefficient (Wildman–Crippen LogP) is 1.60. The van der Waals surface area contributed by atoms with Crippen LogP contribution in [0.5, 0.6) is 0 Å². The molecule has 0 amide bonds. The van der Waals surface area contributed by atoms with Crippen LogP contribution in [0.3, 0.4) is 0 Å². The minimum absolute atomic E-state index is 0.726. The lowest BCUT2D eigenvalue weighted by atomic mass is 10.3. The summed E-state index contributed by atoms with van der Waals surface area (Å²) >= 11 is 0. The molecule has 2 aromatic heterocycles. The number of rotatable bonds is 8. The summed E-state index contributed by atoms with van der Waals surface area (Å²) in [5.74, 6) is 0.973. The average Bonchev–Trinajstić information content (AvgIpc) is 3.06. The van der Waals surface area contributed by atoms with Crippen molar-refractivity contribution in [2.45, 2.75) is 53.2 Å². The fraction of sp³-hybridized carbons (Fsp3) is 0.643. The maximum absolute atomic E-state index is 4.57. The van der Waals surface area contributed by atoms with E-state index in [-0.39, 0.29) is 0 Å². The first-order valence-electron chi connectivity index (χ1n) is 7.41. The summed E-state index contributed by atoms with van der Waals surface area (Å²) in [6, 6.07) is 2.16. The lowest BCUT2D eigenvalue weighted by molar-refractivity contribution is 0.542. The SMILES string of the molecule is CCCNCc1ncnn1Cc1cc(CC)nn1CC. The van der Waals surface area contributed by atoms with E-state index in [2.05, 4.69) is 47.3 Å². The number of nitrogens with zero attached hydrogens (tertiary/aromatic N) is 5. The van der Waals surface area contributed by atoms with Crippen molar-refractivity contribution in [3.63, 3.8) is 0 Å². The lowest BCUT2D eigenvalue weighted by Crippen LogP contribution is -2.19.